The molecular weight excluding hydrogens is 77.5 g/mol. The predicted molar refractivity (Wildman–Crippen MR) is 15.5 cm³/mol. The SMILES string of the molecule is [NH3+]CCl.[OH-]. The summed E-state index contributed by atoms with van der Waals surface area (Å²) in [7, 11) is 0. The lowest BCUT2D eigenvalue weighted by molar-refractivity contribution is -0.341. The van der Waals surface area contributed by atoms with Crippen molar-refractivity contribution in [3.63, 3.8) is 0 Å². The van der Waals surface area contributed by atoms with Gasteiger partial charge in [0.2, 0.25) is 0 Å². The molecule has 0 rings (SSSR count). The van der Waals surface area contributed by atoms with Gasteiger partial charge >= 0.3 is 0 Å². The summed E-state index contributed by atoms with van der Waals surface area (Å²) in [4.78, 5) is 0. The fraction of sp³-hybridized carbons (Fsp3) is 1.00. The minimum absolute atomic E-state index is 0. The average Bonchev–Trinajstić information content (AvgIpc) is 0.918. The normalized spacial score (nSPS) is 4.50. The molecule has 4 heavy (non-hydrogen) atoms. The molecule has 3 heteroatoms. The molecule has 0 radical (unpaired) electrons. The van der Waals surface area contributed by atoms with Crippen LogP contribution in [0.15, 0.2) is 0 Å². The maximum absolute atomic E-state index is 4.89. The third-order valence-electron chi connectivity index (χ3n) is 0. The summed E-state index contributed by atoms with van der Waals surface area (Å²) in [5.74, 6) is 0. The molecule has 0 unspecified atom stereocenters. The fourth-order valence-corrected chi connectivity index (χ4v) is 0. The summed E-state index contributed by atoms with van der Waals surface area (Å²) in [5.41, 5.74) is 3.25. The van der Waals surface area contributed by atoms with E-state index >= 15 is 0 Å². The molecule has 0 aliphatic carbocycles. The summed E-state index contributed by atoms with van der Waals surface area (Å²) in [6, 6.07) is 0.472. The van der Waals surface area contributed by atoms with Crippen molar-refractivity contribution in [2.45, 2.75) is 0 Å². The summed E-state index contributed by atoms with van der Waals surface area (Å²) >= 11 is 4.89. The van der Waals surface area contributed by atoms with Gasteiger partial charge in [-0.1, -0.05) is 11.6 Å². The second kappa shape index (κ2) is 10.7. The summed E-state index contributed by atoms with van der Waals surface area (Å²) in [6.07, 6.45) is 0. The molecule has 0 saturated heterocycles. The van der Waals surface area contributed by atoms with Crippen LogP contribution in [0.3, 0.4) is 0 Å². The Balaban J connectivity index is 0. The van der Waals surface area contributed by atoms with Gasteiger partial charge in [0.1, 0.15) is 6.00 Å². The van der Waals surface area contributed by atoms with Crippen LogP contribution in [0.4, 0.5) is 0 Å². The van der Waals surface area contributed by atoms with Crippen LogP contribution in [0.25, 0.3) is 0 Å². The summed E-state index contributed by atoms with van der Waals surface area (Å²) < 4.78 is 0. The molecule has 0 saturated carbocycles. The van der Waals surface area contributed by atoms with E-state index in [1.165, 1.54) is 0 Å². The third-order valence-corrected chi connectivity index (χ3v) is 0. The van der Waals surface area contributed by atoms with Gasteiger partial charge in [0.25, 0.3) is 0 Å². The Kier molecular flexibility index (Phi) is 23.8. The Morgan fingerprint density at radius 2 is 1.75 bits per heavy atom. The van der Waals surface area contributed by atoms with Gasteiger partial charge in [-0.3, -0.25) is 0 Å². The highest BCUT2D eigenvalue weighted by Crippen LogP contribution is 1.43. The highest BCUT2D eigenvalue weighted by atomic mass is 35.5. The van der Waals surface area contributed by atoms with Crippen molar-refractivity contribution in [2.75, 3.05) is 6.00 Å². The van der Waals surface area contributed by atoms with Gasteiger partial charge in [0.15, 0.2) is 0 Å². The number of hydrogen-bond acceptors (Lipinski definition) is 1. The predicted octanol–water partition coefficient (Wildman–Crippen LogP) is -0.752. The Bertz CT molecular complexity index is 8.00. The van der Waals surface area contributed by atoms with Gasteiger partial charge in [0, 0.05) is 0 Å². The molecule has 0 aromatic rings. The van der Waals surface area contributed by atoms with E-state index in [1.807, 2.05) is 0 Å². The molecule has 0 aliphatic rings. The van der Waals surface area contributed by atoms with Crippen LogP contribution in [0, 0.1) is 0 Å². The van der Waals surface area contributed by atoms with Crippen molar-refractivity contribution < 1.29 is 11.2 Å². The summed E-state index contributed by atoms with van der Waals surface area (Å²) in [6.45, 7) is 0. The second-order valence-corrected chi connectivity index (χ2v) is 0.567. The molecule has 0 fully saturated rings. The molecular formula is CH6ClNO. The minimum Gasteiger partial charge on any atom is -0.870 e. The molecule has 0 amide bonds. The Morgan fingerprint density at radius 3 is 1.75 bits per heavy atom. The molecule has 0 heterocycles. The maximum Gasteiger partial charge on any atom is 0.150 e. The van der Waals surface area contributed by atoms with Crippen molar-refractivity contribution in [3.8, 4) is 0 Å². The van der Waals surface area contributed by atoms with Crippen LogP contribution in [0.1, 0.15) is 0 Å². The zero-order valence-corrected chi connectivity index (χ0v) is 3.00. The van der Waals surface area contributed by atoms with Gasteiger partial charge in [0.05, 0.1) is 0 Å². The fourth-order valence-electron chi connectivity index (χ4n) is 0. The van der Waals surface area contributed by atoms with Gasteiger partial charge in [-0.05, 0) is 0 Å². The lowest BCUT2D eigenvalue weighted by atomic mass is 11.6. The van der Waals surface area contributed by atoms with Gasteiger partial charge in [-0.25, -0.2) is 0 Å². The summed E-state index contributed by atoms with van der Waals surface area (Å²) in [5, 5.41) is 0. The monoisotopic (exact) mass is 83.0 g/mol. The van der Waals surface area contributed by atoms with Crippen molar-refractivity contribution in [1.29, 1.82) is 0 Å². The molecule has 2 nitrogen and oxygen atoms in total. The molecule has 0 atom stereocenters. The van der Waals surface area contributed by atoms with E-state index in [0.29, 0.717) is 6.00 Å². The topological polar surface area (TPSA) is 57.6 Å². The van der Waals surface area contributed by atoms with E-state index in [4.69, 9.17) is 11.6 Å². The first kappa shape index (κ1) is 8.88. The van der Waals surface area contributed by atoms with Crippen LogP contribution in [0.5, 0.6) is 0 Å². The van der Waals surface area contributed by atoms with Crippen LogP contribution in [-0.4, -0.2) is 11.5 Å². The van der Waals surface area contributed by atoms with E-state index in [1.54, 1.807) is 0 Å². The first-order chi connectivity index (χ1) is 1.41. The number of halogens is 1. The zero-order valence-electron chi connectivity index (χ0n) is 2.24. The number of quaternary nitrogens is 1. The van der Waals surface area contributed by atoms with E-state index in [2.05, 4.69) is 5.73 Å². The smallest absolute Gasteiger partial charge is 0.150 e. The standard InChI is InChI=1S/CH4ClN.H2O/c2-1-3;/h1,3H2;1H2. The van der Waals surface area contributed by atoms with Crippen LogP contribution >= 0.6 is 11.6 Å². The Morgan fingerprint density at radius 1 is 1.75 bits per heavy atom. The molecule has 0 aliphatic heterocycles. The highest BCUT2D eigenvalue weighted by Gasteiger charge is 1.40. The van der Waals surface area contributed by atoms with E-state index in [0.717, 1.165) is 0 Å². The molecule has 4 N–H and O–H groups in total. The second-order valence-electron chi connectivity index (χ2n) is 0.189. The molecule has 0 bridgehead atoms. The van der Waals surface area contributed by atoms with Gasteiger partial charge in [-0.15, -0.1) is 0 Å². The highest BCUT2D eigenvalue weighted by molar-refractivity contribution is 6.16. The van der Waals surface area contributed by atoms with Crippen molar-refractivity contribution in [3.05, 3.63) is 0 Å². The lowest BCUT2D eigenvalue weighted by Crippen LogP contribution is -2.46. The Hall–Kier alpha value is 0.210. The lowest BCUT2D eigenvalue weighted by Gasteiger charge is -1.46. The molecule has 28 valence electrons. The van der Waals surface area contributed by atoms with Crippen molar-refractivity contribution in [2.24, 2.45) is 0 Å². The maximum atomic E-state index is 4.89. The zero-order chi connectivity index (χ0) is 2.71. The first-order valence-corrected chi connectivity index (χ1v) is 1.30. The van der Waals surface area contributed by atoms with Gasteiger partial charge in [-0.2, -0.15) is 0 Å². The van der Waals surface area contributed by atoms with E-state index < -0.39 is 0 Å². The average molecular weight is 83.5 g/mol. The molecule has 0 spiro atoms. The van der Waals surface area contributed by atoms with Crippen LogP contribution < -0.4 is 5.73 Å². The third kappa shape index (κ3) is 73.4. The van der Waals surface area contributed by atoms with E-state index in [-0.39, 0.29) is 5.48 Å². The van der Waals surface area contributed by atoms with Gasteiger partial charge < -0.3 is 11.2 Å². The minimum atomic E-state index is 0. The van der Waals surface area contributed by atoms with Crippen molar-refractivity contribution in [1.82, 2.24) is 0 Å². The number of hydrogen-bond donors (Lipinski definition) is 1. The number of alkyl halides is 1. The number of rotatable bonds is 0. The van der Waals surface area contributed by atoms with Crippen LogP contribution in [0.2, 0.25) is 0 Å². The Labute approximate surface area is 29.9 Å². The molecule has 0 aromatic carbocycles. The van der Waals surface area contributed by atoms with Crippen molar-refractivity contribution >= 4 is 11.6 Å². The largest absolute Gasteiger partial charge is 0.870 e. The first-order valence-electron chi connectivity index (χ1n) is 0.767. The van der Waals surface area contributed by atoms with Crippen LogP contribution in [-0.2, 0) is 0 Å². The van der Waals surface area contributed by atoms with E-state index in [9.17, 15) is 0 Å². The quantitative estimate of drug-likeness (QED) is 0.304. The molecule has 0 aromatic heterocycles.